The fraction of sp³-hybridized carbons (Fsp3) is 0.500. The van der Waals surface area contributed by atoms with Crippen LogP contribution in [0.25, 0.3) is 0 Å². The van der Waals surface area contributed by atoms with Gasteiger partial charge in [-0.15, -0.1) is 0 Å². The molecule has 1 rings (SSSR count). The predicted molar refractivity (Wildman–Crippen MR) is 60.8 cm³/mol. The van der Waals surface area contributed by atoms with E-state index in [0.29, 0.717) is 11.5 Å². The molecule has 1 N–H and O–H groups in total. The van der Waals surface area contributed by atoms with Crippen molar-refractivity contribution in [1.82, 2.24) is 10.3 Å². The van der Waals surface area contributed by atoms with Gasteiger partial charge in [0.05, 0.1) is 5.56 Å². The monoisotopic (exact) mass is 206 g/mol. The zero-order chi connectivity index (χ0) is 11.3. The Balaban J connectivity index is 2.51. The first-order valence-corrected chi connectivity index (χ1v) is 5.30. The summed E-state index contributed by atoms with van der Waals surface area (Å²) in [6, 6.07) is 1.84. The second-order valence-electron chi connectivity index (χ2n) is 4.13. The molecule has 1 heterocycles. The Morgan fingerprint density at radius 1 is 1.53 bits per heavy atom. The Kier molecular flexibility index (Phi) is 4.28. The zero-order valence-electron chi connectivity index (χ0n) is 9.58. The molecule has 0 radical (unpaired) electrons. The molecule has 0 bridgehead atoms. The van der Waals surface area contributed by atoms with Gasteiger partial charge < -0.3 is 5.32 Å². The molecule has 15 heavy (non-hydrogen) atoms. The van der Waals surface area contributed by atoms with Gasteiger partial charge in [0.15, 0.2) is 0 Å². The Morgan fingerprint density at radius 3 is 2.87 bits per heavy atom. The van der Waals surface area contributed by atoms with Crippen molar-refractivity contribution in [2.45, 2.75) is 27.2 Å². The third-order valence-electron chi connectivity index (χ3n) is 2.29. The number of amides is 1. The summed E-state index contributed by atoms with van der Waals surface area (Å²) >= 11 is 0. The highest BCUT2D eigenvalue weighted by atomic mass is 16.1. The van der Waals surface area contributed by atoms with Gasteiger partial charge in [-0.25, -0.2) is 0 Å². The minimum Gasteiger partial charge on any atom is -0.352 e. The van der Waals surface area contributed by atoms with E-state index in [1.165, 1.54) is 0 Å². The Hall–Kier alpha value is -1.38. The summed E-state index contributed by atoms with van der Waals surface area (Å²) in [5, 5.41) is 2.89. The topological polar surface area (TPSA) is 42.0 Å². The molecular formula is C12H18N2O. The van der Waals surface area contributed by atoms with E-state index >= 15 is 0 Å². The molecule has 82 valence electrons. The summed E-state index contributed by atoms with van der Waals surface area (Å²) in [6.45, 7) is 6.92. The van der Waals surface area contributed by atoms with E-state index in [2.05, 4.69) is 24.1 Å². The van der Waals surface area contributed by atoms with Crippen LogP contribution in [0, 0.1) is 12.8 Å². The second-order valence-corrected chi connectivity index (χ2v) is 4.13. The van der Waals surface area contributed by atoms with Gasteiger partial charge in [0.25, 0.3) is 5.91 Å². The average Bonchev–Trinajstić information content (AvgIpc) is 2.17. The van der Waals surface area contributed by atoms with Gasteiger partial charge in [0.1, 0.15) is 0 Å². The summed E-state index contributed by atoms with van der Waals surface area (Å²) in [6.07, 6.45) is 4.31. The molecule has 3 nitrogen and oxygen atoms in total. The summed E-state index contributed by atoms with van der Waals surface area (Å²) < 4.78 is 0. The van der Waals surface area contributed by atoms with Crippen molar-refractivity contribution in [1.29, 1.82) is 0 Å². The van der Waals surface area contributed by atoms with Crippen molar-refractivity contribution in [3.8, 4) is 0 Å². The lowest BCUT2D eigenvalue weighted by atomic mass is 10.1. The lowest BCUT2D eigenvalue weighted by Gasteiger charge is -2.08. The van der Waals surface area contributed by atoms with E-state index < -0.39 is 0 Å². The number of nitrogens with zero attached hydrogens (tertiary/aromatic N) is 1. The molecular weight excluding hydrogens is 188 g/mol. The number of aryl methyl sites for hydroxylation is 1. The largest absolute Gasteiger partial charge is 0.352 e. The van der Waals surface area contributed by atoms with Crippen LogP contribution in [0.2, 0.25) is 0 Å². The SMILES string of the molecule is Cc1ccncc1C(=O)NCCC(C)C. The first-order valence-electron chi connectivity index (χ1n) is 5.30. The third-order valence-corrected chi connectivity index (χ3v) is 2.29. The highest BCUT2D eigenvalue weighted by molar-refractivity contribution is 5.95. The van der Waals surface area contributed by atoms with E-state index in [-0.39, 0.29) is 5.91 Å². The minimum atomic E-state index is -0.0266. The Morgan fingerprint density at radius 2 is 2.27 bits per heavy atom. The van der Waals surface area contributed by atoms with Crippen LogP contribution in [-0.4, -0.2) is 17.4 Å². The Bertz CT molecular complexity index is 334. The maximum atomic E-state index is 11.7. The van der Waals surface area contributed by atoms with Gasteiger partial charge in [-0.3, -0.25) is 9.78 Å². The van der Waals surface area contributed by atoms with E-state index in [0.717, 1.165) is 18.5 Å². The van der Waals surface area contributed by atoms with Crippen molar-refractivity contribution in [2.75, 3.05) is 6.54 Å². The number of nitrogens with one attached hydrogen (secondary N) is 1. The van der Waals surface area contributed by atoms with Crippen LogP contribution >= 0.6 is 0 Å². The summed E-state index contributed by atoms with van der Waals surface area (Å²) in [7, 11) is 0. The molecule has 0 aliphatic carbocycles. The average molecular weight is 206 g/mol. The highest BCUT2D eigenvalue weighted by Gasteiger charge is 2.07. The highest BCUT2D eigenvalue weighted by Crippen LogP contribution is 2.04. The molecule has 1 aromatic rings. The molecule has 0 saturated heterocycles. The normalized spacial score (nSPS) is 10.4. The lowest BCUT2D eigenvalue weighted by molar-refractivity contribution is 0.0951. The zero-order valence-corrected chi connectivity index (χ0v) is 9.58. The first kappa shape index (κ1) is 11.7. The van der Waals surface area contributed by atoms with Crippen molar-refractivity contribution in [3.63, 3.8) is 0 Å². The fourth-order valence-corrected chi connectivity index (χ4v) is 1.27. The van der Waals surface area contributed by atoms with Gasteiger partial charge in [0.2, 0.25) is 0 Å². The second kappa shape index (κ2) is 5.49. The minimum absolute atomic E-state index is 0.0266. The van der Waals surface area contributed by atoms with Crippen LogP contribution in [0.5, 0.6) is 0 Å². The van der Waals surface area contributed by atoms with Gasteiger partial charge >= 0.3 is 0 Å². The van der Waals surface area contributed by atoms with Crippen LogP contribution in [0.3, 0.4) is 0 Å². The van der Waals surface area contributed by atoms with Crippen LogP contribution < -0.4 is 5.32 Å². The molecule has 0 aliphatic heterocycles. The Labute approximate surface area is 90.9 Å². The number of carbonyl (C=O) groups is 1. The van der Waals surface area contributed by atoms with E-state index in [9.17, 15) is 4.79 Å². The van der Waals surface area contributed by atoms with Gasteiger partial charge in [0, 0.05) is 18.9 Å². The number of rotatable bonds is 4. The quantitative estimate of drug-likeness (QED) is 0.820. The number of aromatic nitrogens is 1. The van der Waals surface area contributed by atoms with Gasteiger partial charge in [-0.05, 0) is 30.9 Å². The maximum Gasteiger partial charge on any atom is 0.253 e. The molecule has 3 heteroatoms. The van der Waals surface area contributed by atoms with Crippen molar-refractivity contribution < 1.29 is 4.79 Å². The summed E-state index contributed by atoms with van der Waals surface area (Å²) in [4.78, 5) is 15.6. The molecule has 0 atom stereocenters. The molecule has 0 unspecified atom stereocenters. The predicted octanol–water partition coefficient (Wildman–Crippen LogP) is 2.17. The van der Waals surface area contributed by atoms with E-state index in [1.54, 1.807) is 12.4 Å². The molecule has 0 aromatic carbocycles. The van der Waals surface area contributed by atoms with E-state index in [4.69, 9.17) is 0 Å². The number of hydrogen-bond acceptors (Lipinski definition) is 2. The number of carbonyl (C=O) groups excluding carboxylic acids is 1. The molecule has 0 spiro atoms. The maximum absolute atomic E-state index is 11.7. The molecule has 0 saturated carbocycles. The summed E-state index contributed by atoms with van der Waals surface area (Å²) in [5.74, 6) is 0.585. The molecule has 0 aliphatic rings. The van der Waals surface area contributed by atoms with Crippen LogP contribution in [0.4, 0.5) is 0 Å². The molecule has 1 amide bonds. The van der Waals surface area contributed by atoms with Crippen LogP contribution in [0.1, 0.15) is 36.2 Å². The van der Waals surface area contributed by atoms with Gasteiger partial charge in [-0.1, -0.05) is 13.8 Å². The van der Waals surface area contributed by atoms with Crippen molar-refractivity contribution in [2.24, 2.45) is 5.92 Å². The number of pyridine rings is 1. The smallest absolute Gasteiger partial charge is 0.253 e. The lowest BCUT2D eigenvalue weighted by Crippen LogP contribution is -2.26. The standard InChI is InChI=1S/C12H18N2O/c1-9(2)4-7-14-12(15)11-8-13-6-5-10(11)3/h5-6,8-9H,4,7H2,1-3H3,(H,14,15). The molecule has 0 fully saturated rings. The van der Waals surface area contributed by atoms with Crippen LogP contribution in [0.15, 0.2) is 18.5 Å². The van der Waals surface area contributed by atoms with Crippen LogP contribution in [-0.2, 0) is 0 Å². The van der Waals surface area contributed by atoms with Crippen molar-refractivity contribution >= 4 is 5.91 Å². The third kappa shape index (κ3) is 3.70. The summed E-state index contributed by atoms with van der Waals surface area (Å²) in [5.41, 5.74) is 1.63. The number of hydrogen-bond donors (Lipinski definition) is 1. The van der Waals surface area contributed by atoms with Crippen molar-refractivity contribution in [3.05, 3.63) is 29.6 Å². The molecule has 1 aromatic heterocycles. The fourth-order valence-electron chi connectivity index (χ4n) is 1.27. The first-order chi connectivity index (χ1) is 7.11. The van der Waals surface area contributed by atoms with Gasteiger partial charge in [-0.2, -0.15) is 0 Å². The van der Waals surface area contributed by atoms with E-state index in [1.807, 2.05) is 13.0 Å².